The standard InChI is InChI=1S/C25H23N7O5/c26-25-31-21-20(23(35)32-25)29-17(13-28-21)12-27-16-8-6-15(7-9-16)22(34)30-18(24(36)37)10-11-19(33)14-4-2-1-3-5-14/h1-9,13,18,27H,10-12H2,(H,30,34)(H,36,37)(H3,26,28,31,32,35). The van der Waals surface area contributed by atoms with Gasteiger partial charge in [-0.15, -0.1) is 0 Å². The molecule has 0 spiro atoms. The third-order valence-corrected chi connectivity index (χ3v) is 5.47. The van der Waals surface area contributed by atoms with Crippen molar-refractivity contribution >= 4 is 40.5 Å². The number of carboxylic acids is 1. The Balaban J connectivity index is 1.34. The first-order chi connectivity index (χ1) is 17.8. The minimum atomic E-state index is -1.22. The maximum atomic E-state index is 12.6. The van der Waals surface area contributed by atoms with Crippen molar-refractivity contribution in [1.29, 1.82) is 0 Å². The highest BCUT2D eigenvalue weighted by Gasteiger charge is 2.22. The number of nitrogens with zero attached hydrogens (tertiary/aromatic N) is 3. The van der Waals surface area contributed by atoms with Gasteiger partial charge in [0.15, 0.2) is 16.9 Å². The number of nitrogens with one attached hydrogen (secondary N) is 3. The van der Waals surface area contributed by atoms with Gasteiger partial charge in [0.2, 0.25) is 5.95 Å². The van der Waals surface area contributed by atoms with E-state index in [-0.39, 0.29) is 47.8 Å². The van der Waals surface area contributed by atoms with Crippen LogP contribution in [-0.4, -0.2) is 48.7 Å². The zero-order valence-electron chi connectivity index (χ0n) is 19.5. The number of fused-ring (bicyclic) bond motifs is 1. The second-order valence-corrected chi connectivity index (χ2v) is 8.11. The van der Waals surface area contributed by atoms with Crippen LogP contribution < -0.4 is 21.9 Å². The van der Waals surface area contributed by atoms with Gasteiger partial charge in [0.25, 0.3) is 11.5 Å². The Kier molecular flexibility index (Phi) is 7.48. The summed E-state index contributed by atoms with van der Waals surface area (Å²) in [6.45, 7) is 0.245. The molecule has 2 heterocycles. The van der Waals surface area contributed by atoms with Crippen LogP contribution in [0.4, 0.5) is 11.6 Å². The fourth-order valence-electron chi connectivity index (χ4n) is 3.53. The first kappa shape index (κ1) is 25.0. The molecule has 0 aliphatic rings. The quantitative estimate of drug-likeness (QED) is 0.200. The van der Waals surface area contributed by atoms with E-state index in [0.717, 1.165) is 0 Å². The van der Waals surface area contributed by atoms with Crippen LogP contribution in [0.3, 0.4) is 0 Å². The summed E-state index contributed by atoms with van der Waals surface area (Å²) in [6, 6.07) is 13.7. The van der Waals surface area contributed by atoms with E-state index in [0.29, 0.717) is 16.9 Å². The second kappa shape index (κ2) is 11.1. The van der Waals surface area contributed by atoms with Crippen molar-refractivity contribution in [2.45, 2.75) is 25.4 Å². The molecule has 1 amide bonds. The topological polar surface area (TPSA) is 193 Å². The van der Waals surface area contributed by atoms with Gasteiger partial charge >= 0.3 is 5.97 Å². The molecule has 37 heavy (non-hydrogen) atoms. The van der Waals surface area contributed by atoms with Crippen LogP contribution in [0.2, 0.25) is 0 Å². The van der Waals surface area contributed by atoms with Crippen molar-refractivity contribution in [3.05, 3.63) is 88.0 Å². The summed E-state index contributed by atoms with van der Waals surface area (Å²) in [4.78, 5) is 63.1. The molecule has 4 rings (SSSR count). The van der Waals surface area contributed by atoms with Crippen LogP contribution in [-0.2, 0) is 11.3 Å². The highest BCUT2D eigenvalue weighted by atomic mass is 16.4. The molecule has 0 radical (unpaired) electrons. The third kappa shape index (κ3) is 6.31. The molecule has 0 saturated carbocycles. The van der Waals surface area contributed by atoms with E-state index < -0.39 is 23.5 Å². The van der Waals surface area contributed by atoms with Gasteiger partial charge in [-0.3, -0.25) is 19.4 Å². The van der Waals surface area contributed by atoms with Crippen molar-refractivity contribution in [2.24, 2.45) is 0 Å². The zero-order chi connectivity index (χ0) is 26.4. The number of anilines is 2. The average molecular weight is 502 g/mol. The maximum absolute atomic E-state index is 12.6. The van der Waals surface area contributed by atoms with Crippen molar-refractivity contribution in [3.63, 3.8) is 0 Å². The largest absolute Gasteiger partial charge is 0.480 e. The van der Waals surface area contributed by atoms with Crippen molar-refractivity contribution < 1.29 is 19.5 Å². The SMILES string of the molecule is Nc1nc2ncc(CNc3ccc(C(=O)NC(CCC(=O)c4ccccc4)C(=O)O)cc3)nc2c(=O)[nH]1. The molecule has 1 atom stereocenters. The zero-order valence-corrected chi connectivity index (χ0v) is 19.5. The molecule has 4 aromatic rings. The van der Waals surface area contributed by atoms with Gasteiger partial charge in [0.1, 0.15) is 6.04 Å². The van der Waals surface area contributed by atoms with Gasteiger partial charge in [0, 0.05) is 23.2 Å². The van der Waals surface area contributed by atoms with Crippen LogP contribution in [0.5, 0.6) is 0 Å². The maximum Gasteiger partial charge on any atom is 0.326 e. The number of amides is 1. The Morgan fingerprint density at radius 1 is 1.00 bits per heavy atom. The lowest BCUT2D eigenvalue weighted by molar-refractivity contribution is -0.139. The monoisotopic (exact) mass is 501 g/mol. The summed E-state index contributed by atoms with van der Waals surface area (Å²) in [7, 11) is 0. The fourth-order valence-corrected chi connectivity index (χ4v) is 3.53. The van der Waals surface area contributed by atoms with E-state index in [1.165, 1.54) is 18.3 Å². The third-order valence-electron chi connectivity index (χ3n) is 5.47. The number of aromatic amines is 1. The smallest absolute Gasteiger partial charge is 0.326 e. The van der Waals surface area contributed by atoms with Gasteiger partial charge in [0.05, 0.1) is 18.4 Å². The highest BCUT2D eigenvalue weighted by Crippen LogP contribution is 2.13. The Hall–Kier alpha value is -5.13. The van der Waals surface area contributed by atoms with Crippen molar-refractivity contribution in [2.75, 3.05) is 11.1 Å². The molecule has 0 saturated heterocycles. The second-order valence-electron chi connectivity index (χ2n) is 8.11. The number of carboxylic acid groups (broad SMARTS) is 1. The number of aromatic nitrogens is 4. The molecule has 2 aromatic heterocycles. The van der Waals surface area contributed by atoms with Crippen LogP contribution in [0, 0.1) is 0 Å². The molecule has 12 heteroatoms. The van der Waals surface area contributed by atoms with Crippen molar-refractivity contribution in [1.82, 2.24) is 25.3 Å². The molecule has 0 aliphatic carbocycles. The summed E-state index contributed by atoms with van der Waals surface area (Å²) >= 11 is 0. The van der Waals surface area contributed by atoms with E-state index in [4.69, 9.17) is 5.73 Å². The number of nitrogen functional groups attached to an aromatic ring is 1. The molecule has 188 valence electrons. The number of ketones is 1. The molecule has 1 unspecified atom stereocenters. The van der Waals surface area contributed by atoms with Crippen molar-refractivity contribution in [3.8, 4) is 0 Å². The summed E-state index contributed by atoms with van der Waals surface area (Å²) in [5.41, 5.74) is 7.12. The van der Waals surface area contributed by atoms with Crippen LogP contribution in [0.15, 0.2) is 65.6 Å². The number of aliphatic carboxylic acids is 1. The Morgan fingerprint density at radius 2 is 1.73 bits per heavy atom. The van der Waals surface area contributed by atoms with Crippen LogP contribution >= 0.6 is 0 Å². The van der Waals surface area contributed by atoms with E-state index in [2.05, 4.69) is 30.6 Å². The molecule has 12 nitrogen and oxygen atoms in total. The molecular weight excluding hydrogens is 478 g/mol. The number of H-pyrrole nitrogens is 1. The summed E-state index contributed by atoms with van der Waals surface area (Å²) in [5.74, 6) is -2.03. The normalized spacial score (nSPS) is 11.6. The molecule has 0 bridgehead atoms. The highest BCUT2D eigenvalue weighted by molar-refractivity contribution is 5.98. The lowest BCUT2D eigenvalue weighted by atomic mass is 10.0. The Bertz CT molecular complexity index is 1500. The van der Waals surface area contributed by atoms with Gasteiger partial charge in [-0.2, -0.15) is 4.98 Å². The number of rotatable bonds is 10. The number of benzene rings is 2. The molecule has 0 aliphatic heterocycles. The van der Waals surface area contributed by atoms with E-state index in [1.54, 1.807) is 42.5 Å². The average Bonchev–Trinajstić information content (AvgIpc) is 2.90. The van der Waals surface area contributed by atoms with Crippen LogP contribution in [0.25, 0.3) is 11.2 Å². The van der Waals surface area contributed by atoms with Gasteiger partial charge in [-0.1, -0.05) is 30.3 Å². The number of hydrogen-bond acceptors (Lipinski definition) is 9. The Labute approximate surface area is 210 Å². The van der Waals surface area contributed by atoms with E-state index in [9.17, 15) is 24.3 Å². The lowest BCUT2D eigenvalue weighted by Gasteiger charge is -2.14. The Morgan fingerprint density at radius 3 is 2.43 bits per heavy atom. The number of hydrogen-bond donors (Lipinski definition) is 5. The molecule has 0 fully saturated rings. The summed E-state index contributed by atoms with van der Waals surface area (Å²) in [5, 5.41) is 15.1. The van der Waals surface area contributed by atoms with E-state index in [1.807, 2.05) is 0 Å². The molecule has 2 aromatic carbocycles. The lowest BCUT2D eigenvalue weighted by Crippen LogP contribution is -2.41. The number of nitrogens with two attached hydrogens (primary N) is 1. The van der Waals surface area contributed by atoms with Gasteiger partial charge < -0.3 is 21.5 Å². The number of Topliss-reactive ketones (excluding diaryl/α,β-unsaturated/α-hetero) is 1. The summed E-state index contributed by atoms with van der Waals surface area (Å²) < 4.78 is 0. The van der Waals surface area contributed by atoms with Gasteiger partial charge in [-0.05, 0) is 30.7 Å². The van der Waals surface area contributed by atoms with Crippen LogP contribution in [0.1, 0.15) is 39.3 Å². The first-order valence-corrected chi connectivity index (χ1v) is 11.3. The fraction of sp³-hybridized carbons (Fsp3) is 0.160. The molecule has 6 N–H and O–H groups in total. The number of carbonyl (C=O) groups is 3. The predicted octanol–water partition coefficient (Wildman–Crippen LogP) is 1.75. The summed E-state index contributed by atoms with van der Waals surface area (Å²) in [6.07, 6.45) is 1.42. The minimum Gasteiger partial charge on any atom is -0.480 e. The first-order valence-electron chi connectivity index (χ1n) is 11.3. The van der Waals surface area contributed by atoms with E-state index >= 15 is 0 Å². The van der Waals surface area contributed by atoms with Gasteiger partial charge in [-0.25, -0.2) is 14.8 Å². The minimum absolute atomic E-state index is 0.0168. The molecular formula is C25H23N7O5. The predicted molar refractivity (Wildman–Crippen MR) is 135 cm³/mol. The number of carbonyl (C=O) groups excluding carboxylic acids is 2.